The van der Waals surface area contributed by atoms with Gasteiger partial charge in [0, 0.05) is 23.3 Å². The van der Waals surface area contributed by atoms with Crippen molar-refractivity contribution in [1.82, 2.24) is 0 Å². The molecular weight excluding hydrogens is 276 g/mol. The number of methoxy groups -OCH3 is 1. The molecule has 1 aliphatic heterocycles. The summed E-state index contributed by atoms with van der Waals surface area (Å²) in [5.74, 6) is 0.659. The molecule has 1 amide bonds. The Hall–Kier alpha value is -2.33. The van der Waals surface area contributed by atoms with Crippen molar-refractivity contribution < 1.29 is 9.53 Å². The van der Waals surface area contributed by atoms with Crippen molar-refractivity contribution in [3.63, 3.8) is 0 Å². The molecule has 0 spiro atoms. The summed E-state index contributed by atoms with van der Waals surface area (Å²) in [6.45, 7) is 2.04. The van der Waals surface area contributed by atoms with Gasteiger partial charge >= 0.3 is 0 Å². The predicted molar refractivity (Wildman–Crippen MR) is 87.3 cm³/mol. The van der Waals surface area contributed by atoms with Gasteiger partial charge in [-0.2, -0.15) is 0 Å². The molecule has 4 nitrogen and oxygen atoms in total. The smallest absolute Gasteiger partial charge is 0.258 e. The molecule has 2 atom stereocenters. The summed E-state index contributed by atoms with van der Waals surface area (Å²) in [7, 11) is 1.60. The predicted octanol–water partition coefficient (Wildman–Crippen LogP) is 3.13. The van der Waals surface area contributed by atoms with Crippen LogP contribution in [-0.2, 0) is 0 Å². The summed E-state index contributed by atoms with van der Waals surface area (Å²) in [4.78, 5) is 14.8. The first kappa shape index (κ1) is 14.6. The molecule has 0 aromatic heterocycles. The van der Waals surface area contributed by atoms with Gasteiger partial charge in [0.25, 0.3) is 5.91 Å². The highest BCUT2D eigenvalue weighted by Crippen LogP contribution is 2.36. The number of fused-ring (bicyclic) bond motifs is 1. The molecule has 1 aliphatic rings. The fraction of sp³-hybridized carbons (Fsp3) is 0.278. The summed E-state index contributed by atoms with van der Waals surface area (Å²) in [6.07, 6.45) is 0.757. The van der Waals surface area contributed by atoms with Crippen molar-refractivity contribution in [3.8, 4) is 5.75 Å². The molecule has 0 fully saturated rings. The van der Waals surface area contributed by atoms with Gasteiger partial charge in [-0.3, -0.25) is 4.79 Å². The lowest BCUT2D eigenvalue weighted by Gasteiger charge is -2.38. The summed E-state index contributed by atoms with van der Waals surface area (Å²) in [6, 6.07) is 15.1. The quantitative estimate of drug-likeness (QED) is 0.926. The lowest BCUT2D eigenvalue weighted by Crippen LogP contribution is -2.44. The molecule has 1 heterocycles. The Balaban J connectivity index is 2.03. The standard InChI is InChI=1S/C18H20N2O2/c1-12-10-16(19)15-8-3-4-9-17(15)20(12)18(21)13-6-5-7-14(11-13)22-2/h3-9,11-12,16H,10,19H2,1-2H3/t12-,16+/m0/s1. The fourth-order valence-corrected chi connectivity index (χ4v) is 3.06. The Morgan fingerprint density at radius 1 is 1.23 bits per heavy atom. The van der Waals surface area contributed by atoms with Gasteiger partial charge in [0.15, 0.2) is 0 Å². The van der Waals surface area contributed by atoms with Crippen LogP contribution in [0.1, 0.15) is 35.3 Å². The van der Waals surface area contributed by atoms with Crippen LogP contribution in [0.4, 0.5) is 5.69 Å². The summed E-state index contributed by atoms with van der Waals surface area (Å²) < 4.78 is 5.21. The maximum atomic E-state index is 13.0. The van der Waals surface area contributed by atoms with E-state index in [1.54, 1.807) is 13.2 Å². The molecule has 114 valence electrons. The number of carbonyl (C=O) groups excluding carboxylic acids is 1. The monoisotopic (exact) mass is 296 g/mol. The normalized spacial score (nSPS) is 20.4. The number of para-hydroxylation sites is 1. The molecule has 0 saturated heterocycles. The maximum Gasteiger partial charge on any atom is 0.258 e. The van der Waals surface area contributed by atoms with Crippen LogP contribution >= 0.6 is 0 Å². The van der Waals surface area contributed by atoms with Gasteiger partial charge in [0.1, 0.15) is 5.75 Å². The molecule has 0 saturated carbocycles. The summed E-state index contributed by atoms with van der Waals surface area (Å²) >= 11 is 0. The SMILES string of the molecule is COc1cccc(C(=O)N2c3ccccc3[C@H](N)C[C@@H]2C)c1. The molecule has 2 aromatic carbocycles. The van der Waals surface area contributed by atoms with Gasteiger partial charge in [0.2, 0.25) is 0 Å². The van der Waals surface area contributed by atoms with Crippen LogP contribution in [0.5, 0.6) is 5.75 Å². The average Bonchev–Trinajstić information content (AvgIpc) is 2.55. The van der Waals surface area contributed by atoms with E-state index in [1.165, 1.54) is 0 Å². The molecule has 0 unspecified atom stereocenters. The van der Waals surface area contributed by atoms with Crippen molar-refractivity contribution in [1.29, 1.82) is 0 Å². The zero-order valence-corrected chi connectivity index (χ0v) is 12.8. The zero-order chi connectivity index (χ0) is 15.7. The van der Waals surface area contributed by atoms with E-state index in [0.29, 0.717) is 11.3 Å². The number of anilines is 1. The van der Waals surface area contributed by atoms with E-state index < -0.39 is 0 Å². The lowest BCUT2D eigenvalue weighted by atomic mass is 9.92. The van der Waals surface area contributed by atoms with Gasteiger partial charge in [-0.15, -0.1) is 0 Å². The van der Waals surface area contributed by atoms with Gasteiger partial charge in [-0.05, 0) is 43.2 Å². The highest BCUT2D eigenvalue weighted by Gasteiger charge is 2.32. The minimum atomic E-state index is -0.0273. The van der Waals surface area contributed by atoms with Crippen molar-refractivity contribution in [2.24, 2.45) is 5.73 Å². The van der Waals surface area contributed by atoms with Gasteiger partial charge in [-0.25, -0.2) is 0 Å². The molecule has 2 aromatic rings. The molecule has 4 heteroatoms. The molecule has 3 rings (SSSR count). The first-order valence-electron chi connectivity index (χ1n) is 7.44. The van der Waals surface area contributed by atoms with Crippen molar-refractivity contribution in [3.05, 3.63) is 59.7 Å². The topological polar surface area (TPSA) is 55.6 Å². The number of amides is 1. The van der Waals surface area contributed by atoms with Crippen LogP contribution in [-0.4, -0.2) is 19.1 Å². The van der Waals surface area contributed by atoms with Gasteiger partial charge in [0.05, 0.1) is 7.11 Å². The van der Waals surface area contributed by atoms with E-state index in [-0.39, 0.29) is 18.0 Å². The van der Waals surface area contributed by atoms with Gasteiger partial charge in [-0.1, -0.05) is 24.3 Å². The van der Waals surface area contributed by atoms with Crippen LogP contribution in [0.25, 0.3) is 0 Å². The highest BCUT2D eigenvalue weighted by atomic mass is 16.5. The number of nitrogens with zero attached hydrogens (tertiary/aromatic N) is 1. The Bertz CT molecular complexity index is 699. The molecule has 0 bridgehead atoms. The van der Waals surface area contributed by atoms with Crippen LogP contribution in [0, 0.1) is 0 Å². The average molecular weight is 296 g/mol. The van der Waals surface area contributed by atoms with E-state index >= 15 is 0 Å². The third-order valence-electron chi connectivity index (χ3n) is 4.17. The second-order valence-electron chi connectivity index (χ2n) is 5.66. The fourth-order valence-electron chi connectivity index (χ4n) is 3.06. The van der Waals surface area contributed by atoms with Crippen LogP contribution in [0.2, 0.25) is 0 Å². The van der Waals surface area contributed by atoms with E-state index in [1.807, 2.05) is 54.3 Å². The number of rotatable bonds is 2. The minimum Gasteiger partial charge on any atom is -0.497 e. The lowest BCUT2D eigenvalue weighted by molar-refractivity contribution is 0.0973. The van der Waals surface area contributed by atoms with Crippen LogP contribution < -0.4 is 15.4 Å². The molecule has 0 aliphatic carbocycles. The third-order valence-corrected chi connectivity index (χ3v) is 4.17. The number of carbonyl (C=O) groups is 1. The van der Waals surface area contributed by atoms with E-state index in [4.69, 9.17) is 10.5 Å². The first-order valence-corrected chi connectivity index (χ1v) is 7.44. The number of hydrogen-bond acceptors (Lipinski definition) is 3. The Kier molecular flexibility index (Phi) is 3.86. The number of ether oxygens (including phenoxy) is 1. The Morgan fingerprint density at radius 3 is 2.77 bits per heavy atom. The van der Waals surface area contributed by atoms with Crippen molar-refractivity contribution >= 4 is 11.6 Å². The second-order valence-corrected chi connectivity index (χ2v) is 5.66. The summed E-state index contributed by atoms with van der Waals surface area (Å²) in [5.41, 5.74) is 8.78. The summed E-state index contributed by atoms with van der Waals surface area (Å²) in [5, 5.41) is 0. The molecular formula is C18H20N2O2. The van der Waals surface area contributed by atoms with E-state index in [2.05, 4.69) is 0 Å². The van der Waals surface area contributed by atoms with Crippen molar-refractivity contribution in [2.45, 2.75) is 25.4 Å². The maximum absolute atomic E-state index is 13.0. The van der Waals surface area contributed by atoms with Gasteiger partial charge < -0.3 is 15.4 Å². The van der Waals surface area contributed by atoms with Crippen LogP contribution in [0.15, 0.2) is 48.5 Å². The van der Waals surface area contributed by atoms with Crippen molar-refractivity contribution in [2.75, 3.05) is 12.0 Å². The number of benzene rings is 2. The van der Waals surface area contributed by atoms with E-state index in [9.17, 15) is 4.79 Å². The molecule has 0 radical (unpaired) electrons. The Morgan fingerprint density at radius 2 is 2.00 bits per heavy atom. The molecule has 22 heavy (non-hydrogen) atoms. The highest BCUT2D eigenvalue weighted by molar-refractivity contribution is 6.07. The molecule has 2 N–H and O–H groups in total. The van der Waals surface area contributed by atoms with E-state index in [0.717, 1.165) is 17.7 Å². The number of hydrogen-bond donors (Lipinski definition) is 1. The number of nitrogens with two attached hydrogens (primary N) is 1. The zero-order valence-electron chi connectivity index (χ0n) is 12.8. The first-order chi connectivity index (χ1) is 10.6. The largest absolute Gasteiger partial charge is 0.497 e. The minimum absolute atomic E-state index is 0.0225. The second kappa shape index (κ2) is 5.81. The third kappa shape index (κ3) is 2.46. The van der Waals surface area contributed by atoms with Crippen LogP contribution in [0.3, 0.4) is 0 Å². The Labute approximate surface area is 130 Å².